The van der Waals surface area contributed by atoms with E-state index in [1.54, 1.807) is 24.4 Å². The van der Waals surface area contributed by atoms with Crippen LogP contribution in [0.1, 0.15) is 35.0 Å². The van der Waals surface area contributed by atoms with Crippen molar-refractivity contribution in [2.45, 2.75) is 31.1 Å². The summed E-state index contributed by atoms with van der Waals surface area (Å²) in [6.07, 6.45) is 4.55. The van der Waals surface area contributed by atoms with Crippen molar-refractivity contribution in [3.05, 3.63) is 40.9 Å². The minimum atomic E-state index is -3.32. The van der Waals surface area contributed by atoms with Crippen LogP contribution in [-0.4, -0.2) is 25.1 Å². The van der Waals surface area contributed by atoms with Crippen molar-refractivity contribution in [1.29, 1.82) is 0 Å². The van der Waals surface area contributed by atoms with E-state index in [2.05, 4.69) is 10.3 Å². The third kappa shape index (κ3) is 3.97. The highest BCUT2D eigenvalue weighted by molar-refractivity contribution is 7.91. The number of hydrogen-bond donors (Lipinski definition) is 1. The lowest BCUT2D eigenvalue weighted by molar-refractivity contribution is 0.102. The van der Waals surface area contributed by atoms with Crippen molar-refractivity contribution in [2.24, 2.45) is 5.92 Å². The minimum Gasteiger partial charge on any atom is -0.298 e. The van der Waals surface area contributed by atoms with E-state index in [1.165, 1.54) is 17.4 Å². The van der Waals surface area contributed by atoms with Crippen LogP contribution in [0.15, 0.2) is 35.4 Å². The fourth-order valence-corrected chi connectivity index (χ4v) is 4.71. The molecule has 1 aromatic heterocycles. The molecule has 7 heteroatoms. The molecule has 0 bridgehead atoms. The van der Waals surface area contributed by atoms with Gasteiger partial charge in [-0.1, -0.05) is 13.0 Å². The Balaban J connectivity index is 1.77. The fraction of sp³-hybridized carbons (Fsp3) is 0.375. The molecule has 23 heavy (non-hydrogen) atoms. The lowest BCUT2D eigenvalue weighted by Crippen LogP contribution is -2.14. The van der Waals surface area contributed by atoms with Gasteiger partial charge in [0.2, 0.25) is 0 Å². The second-order valence-corrected chi connectivity index (χ2v) is 8.84. The third-order valence-corrected chi connectivity index (χ3v) is 6.67. The van der Waals surface area contributed by atoms with Gasteiger partial charge < -0.3 is 0 Å². The maximum absolute atomic E-state index is 12.3. The lowest BCUT2D eigenvalue weighted by atomic mass is 10.2. The first-order chi connectivity index (χ1) is 11.0. The van der Waals surface area contributed by atoms with Crippen LogP contribution in [0.2, 0.25) is 0 Å². The molecule has 1 heterocycles. The van der Waals surface area contributed by atoms with Gasteiger partial charge in [0, 0.05) is 16.6 Å². The highest BCUT2D eigenvalue weighted by Crippen LogP contribution is 2.32. The van der Waals surface area contributed by atoms with Crippen LogP contribution in [0.3, 0.4) is 0 Å². The summed E-state index contributed by atoms with van der Waals surface area (Å²) in [6.45, 7) is 2.02. The van der Waals surface area contributed by atoms with E-state index in [4.69, 9.17) is 0 Å². The van der Waals surface area contributed by atoms with E-state index in [1.807, 2.05) is 6.92 Å². The van der Waals surface area contributed by atoms with Crippen LogP contribution >= 0.6 is 11.3 Å². The summed E-state index contributed by atoms with van der Waals surface area (Å²) in [5.74, 6) is 0.107. The second kappa shape index (κ2) is 6.41. The number of aromatic nitrogens is 1. The number of rotatable bonds is 6. The van der Waals surface area contributed by atoms with Crippen molar-refractivity contribution in [1.82, 2.24) is 4.98 Å². The van der Waals surface area contributed by atoms with Gasteiger partial charge >= 0.3 is 0 Å². The Hall–Kier alpha value is -1.73. The summed E-state index contributed by atoms with van der Waals surface area (Å²) >= 11 is 1.42. The number of carbonyl (C=O) groups excluding carboxylic acids is 1. The predicted octanol–water partition coefficient (Wildman–Crippen LogP) is 3.14. The molecule has 122 valence electrons. The number of amides is 1. The molecule has 0 radical (unpaired) electrons. The van der Waals surface area contributed by atoms with Crippen LogP contribution in [-0.2, 0) is 16.3 Å². The Labute approximate surface area is 139 Å². The number of benzene rings is 1. The monoisotopic (exact) mass is 350 g/mol. The molecule has 0 atom stereocenters. The van der Waals surface area contributed by atoms with Crippen molar-refractivity contribution in [3.63, 3.8) is 0 Å². The molecule has 0 saturated heterocycles. The zero-order valence-electron chi connectivity index (χ0n) is 12.8. The number of nitrogens with zero attached hydrogens (tertiary/aromatic N) is 1. The van der Waals surface area contributed by atoms with Crippen molar-refractivity contribution in [3.8, 4) is 0 Å². The maximum atomic E-state index is 12.3. The summed E-state index contributed by atoms with van der Waals surface area (Å²) in [7, 11) is -3.32. The molecule has 5 nitrogen and oxygen atoms in total. The summed E-state index contributed by atoms with van der Waals surface area (Å²) in [4.78, 5) is 17.7. The fourth-order valence-electron chi connectivity index (χ4n) is 2.22. The van der Waals surface area contributed by atoms with Gasteiger partial charge in [-0.05, 0) is 43.4 Å². The first-order valence-electron chi connectivity index (χ1n) is 7.57. The van der Waals surface area contributed by atoms with E-state index < -0.39 is 9.84 Å². The van der Waals surface area contributed by atoms with Crippen molar-refractivity contribution < 1.29 is 13.2 Å². The van der Waals surface area contributed by atoms with Crippen LogP contribution in [0, 0.1) is 5.92 Å². The molecular weight excluding hydrogens is 332 g/mol. The zero-order valence-corrected chi connectivity index (χ0v) is 14.4. The largest absolute Gasteiger partial charge is 0.298 e. The highest BCUT2D eigenvalue weighted by atomic mass is 32.2. The maximum Gasteiger partial charge on any atom is 0.257 e. The quantitative estimate of drug-likeness (QED) is 0.868. The summed E-state index contributed by atoms with van der Waals surface area (Å²) in [5, 5.41) is 3.24. The zero-order chi connectivity index (χ0) is 16.4. The molecule has 1 amide bonds. The first-order valence-corrected chi connectivity index (χ1v) is 10.0. The van der Waals surface area contributed by atoms with Gasteiger partial charge in [-0.15, -0.1) is 11.3 Å². The van der Waals surface area contributed by atoms with Crippen LogP contribution < -0.4 is 5.32 Å². The van der Waals surface area contributed by atoms with Gasteiger partial charge in [-0.3, -0.25) is 10.1 Å². The molecule has 1 saturated carbocycles. The number of thiazole rings is 1. The van der Waals surface area contributed by atoms with E-state index in [9.17, 15) is 13.2 Å². The third-order valence-electron chi connectivity index (χ3n) is 3.73. The van der Waals surface area contributed by atoms with E-state index in [0.29, 0.717) is 10.7 Å². The molecule has 1 N–H and O–H groups in total. The SMILES string of the molecule is CCc1cnc(NC(=O)c2cccc(S(=O)(=O)CC3CC3)c2)s1. The van der Waals surface area contributed by atoms with Crippen LogP contribution in [0.5, 0.6) is 0 Å². The van der Waals surface area contributed by atoms with Crippen LogP contribution in [0.25, 0.3) is 0 Å². The normalized spacial score (nSPS) is 14.7. The summed E-state index contributed by atoms with van der Waals surface area (Å²) < 4.78 is 24.6. The molecule has 2 aromatic rings. The molecule has 0 unspecified atom stereocenters. The Morgan fingerprint density at radius 3 is 2.83 bits per heavy atom. The first kappa shape index (κ1) is 16.1. The molecule has 3 rings (SSSR count). The number of anilines is 1. The van der Waals surface area contributed by atoms with E-state index >= 15 is 0 Å². The summed E-state index contributed by atoms with van der Waals surface area (Å²) in [6, 6.07) is 6.21. The van der Waals surface area contributed by atoms with Gasteiger partial charge in [0.25, 0.3) is 5.91 Å². The number of aryl methyl sites for hydroxylation is 1. The van der Waals surface area contributed by atoms with Gasteiger partial charge in [-0.2, -0.15) is 0 Å². The average molecular weight is 350 g/mol. The Morgan fingerprint density at radius 1 is 1.39 bits per heavy atom. The van der Waals surface area contributed by atoms with Crippen LogP contribution in [0.4, 0.5) is 5.13 Å². The van der Waals surface area contributed by atoms with Gasteiger partial charge in [-0.25, -0.2) is 13.4 Å². The molecule has 1 fully saturated rings. The molecule has 1 aromatic carbocycles. The van der Waals surface area contributed by atoms with Crippen molar-refractivity contribution >= 4 is 32.2 Å². The van der Waals surface area contributed by atoms with Crippen molar-refractivity contribution in [2.75, 3.05) is 11.1 Å². The number of sulfone groups is 1. The smallest absolute Gasteiger partial charge is 0.257 e. The molecule has 1 aliphatic carbocycles. The number of hydrogen-bond acceptors (Lipinski definition) is 5. The number of nitrogens with one attached hydrogen (secondary N) is 1. The Bertz CT molecular complexity index is 823. The second-order valence-electron chi connectivity index (χ2n) is 5.69. The van der Waals surface area contributed by atoms with E-state index in [0.717, 1.165) is 24.1 Å². The molecule has 0 aliphatic heterocycles. The molecule has 0 spiro atoms. The minimum absolute atomic E-state index is 0.171. The predicted molar refractivity (Wildman–Crippen MR) is 90.7 cm³/mol. The average Bonchev–Trinajstić information content (AvgIpc) is 3.22. The highest BCUT2D eigenvalue weighted by Gasteiger charge is 2.29. The Kier molecular flexibility index (Phi) is 4.50. The molecular formula is C16H18N2O3S2. The van der Waals surface area contributed by atoms with Gasteiger partial charge in [0.1, 0.15) is 0 Å². The number of carbonyl (C=O) groups is 1. The van der Waals surface area contributed by atoms with Gasteiger partial charge in [0.15, 0.2) is 15.0 Å². The molecule has 1 aliphatic rings. The standard InChI is InChI=1S/C16H18N2O3S2/c1-2-13-9-17-16(22-13)18-15(19)12-4-3-5-14(8-12)23(20,21)10-11-6-7-11/h3-5,8-9,11H,2,6-7,10H2,1H3,(H,17,18,19). The summed E-state index contributed by atoms with van der Waals surface area (Å²) in [5.41, 5.74) is 0.329. The lowest BCUT2D eigenvalue weighted by Gasteiger charge is -2.06. The van der Waals surface area contributed by atoms with E-state index in [-0.39, 0.29) is 22.5 Å². The Morgan fingerprint density at radius 2 is 2.17 bits per heavy atom. The van der Waals surface area contributed by atoms with Gasteiger partial charge in [0.05, 0.1) is 10.6 Å². The topological polar surface area (TPSA) is 76.1 Å².